The van der Waals surface area contributed by atoms with Gasteiger partial charge in [-0.05, 0) is 76.9 Å². The molecule has 2 atom stereocenters. The van der Waals surface area contributed by atoms with Crippen LogP contribution in [0.1, 0.15) is 66.4 Å². The fraction of sp³-hybridized carbons (Fsp3) is 0.696. The molecular formula is C23H39NO3S. The van der Waals surface area contributed by atoms with Crippen LogP contribution in [-0.2, 0) is 15.3 Å². The molecule has 1 aliphatic heterocycles. The fourth-order valence-corrected chi connectivity index (χ4v) is 4.08. The minimum Gasteiger partial charge on any atom is -0.444 e. The lowest BCUT2D eigenvalue weighted by molar-refractivity contribution is 0.0105. The van der Waals surface area contributed by atoms with Crippen molar-refractivity contribution in [1.29, 1.82) is 0 Å². The number of rotatable bonds is 7. The quantitative estimate of drug-likeness (QED) is 0.389. The summed E-state index contributed by atoms with van der Waals surface area (Å²) in [5.41, 5.74) is 0.568. The van der Waals surface area contributed by atoms with Crippen LogP contribution in [0.15, 0.2) is 30.3 Å². The minimum absolute atomic E-state index is 0.196. The zero-order valence-corrected chi connectivity index (χ0v) is 19.6. The maximum absolute atomic E-state index is 12.9. The Labute approximate surface area is 176 Å². The van der Waals surface area contributed by atoms with Crippen LogP contribution in [0.3, 0.4) is 0 Å². The summed E-state index contributed by atoms with van der Waals surface area (Å²) in [7, 11) is 0. The predicted octanol–water partition coefficient (Wildman–Crippen LogP) is 6.35. The van der Waals surface area contributed by atoms with Crippen molar-refractivity contribution >= 4 is 18.1 Å². The molecule has 2 unspecified atom stereocenters. The molecule has 1 amide bonds. The monoisotopic (exact) mass is 409 g/mol. The Morgan fingerprint density at radius 2 is 1.89 bits per heavy atom. The molecule has 0 aliphatic carbocycles. The zero-order valence-electron chi connectivity index (χ0n) is 18.8. The maximum Gasteiger partial charge on any atom is 0.410 e. The van der Waals surface area contributed by atoms with Crippen molar-refractivity contribution in [2.75, 3.05) is 19.4 Å². The molecule has 1 aromatic carbocycles. The smallest absolute Gasteiger partial charge is 0.410 e. The van der Waals surface area contributed by atoms with Gasteiger partial charge in [0.1, 0.15) is 5.60 Å². The SMILES string of the molecule is CC.CSOCCCC1CN(C(=O)OC(C)(C)C)C(C)(Cc2ccccc2)C1. The van der Waals surface area contributed by atoms with Crippen molar-refractivity contribution in [3.63, 3.8) is 0 Å². The summed E-state index contributed by atoms with van der Waals surface area (Å²) in [5, 5.41) is 0. The van der Waals surface area contributed by atoms with Crippen molar-refractivity contribution in [3.05, 3.63) is 35.9 Å². The van der Waals surface area contributed by atoms with E-state index in [1.54, 1.807) is 0 Å². The molecule has 2 rings (SSSR count). The molecule has 5 heteroatoms. The largest absolute Gasteiger partial charge is 0.444 e. The van der Waals surface area contributed by atoms with Gasteiger partial charge in [-0.15, -0.1) is 0 Å². The summed E-state index contributed by atoms with van der Waals surface area (Å²) in [6.07, 6.45) is 5.69. The maximum atomic E-state index is 12.9. The first-order valence-electron chi connectivity index (χ1n) is 10.4. The first-order valence-corrected chi connectivity index (χ1v) is 11.6. The highest BCUT2D eigenvalue weighted by Gasteiger charge is 2.45. The zero-order chi connectivity index (χ0) is 21.2. The standard InChI is InChI=1S/C21H33NO3S.C2H6/c1-20(2,3)25-19(23)22-16-18(12-9-13-24-26-5)15-21(22,4)14-17-10-7-6-8-11-17;1-2/h6-8,10-11,18H,9,12-16H2,1-5H3;1-2H3. The second-order valence-corrected chi connectivity index (χ2v) is 9.02. The van der Waals surface area contributed by atoms with E-state index in [2.05, 4.69) is 31.2 Å². The highest BCUT2D eigenvalue weighted by atomic mass is 32.2. The van der Waals surface area contributed by atoms with Crippen LogP contribution < -0.4 is 0 Å². The van der Waals surface area contributed by atoms with Gasteiger partial charge in [0, 0.05) is 18.3 Å². The number of benzene rings is 1. The summed E-state index contributed by atoms with van der Waals surface area (Å²) < 4.78 is 11.1. The van der Waals surface area contributed by atoms with Crippen molar-refractivity contribution in [2.45, 2.75) is 78.4 Å². The molecule has 0 bridgehead atoms. The number of hydrogen-bond donors (Lipinski definition) is 0. The van der Waals surface area contributed by atoms with Crippen molar-refractivity contribution in [1.82, 2.24) is 4.90 Å². The third kappa shape index (κ3) is 8.04. The van der Waals surface area contributed by atoms with Gasteiger partial charge in [0.25, 0.3) is 0 Å². The van der Waals surface area contributed by atoms with Crippen molar-refractivity contribution in [2.24, 2.45) is 5.92 Å². The van der Waals surface area contributed by atoms with Gasteiger partial charge in [0.05, 0.1) is 6.61 Å². The van der Waals surface area contributed by atoms with Crippen LogP contribution in [0.2, 0.25) is 0 Å². The van der Waals surface area contributed by atoms with Gasteiger partial charge in [0.15, 0.2) is 0 Å². The summed E-state index contributed by atoms with van der Waals surface area (Å²) in [6, 6.07) is 10.4. The molecule has 0 aromatic heterocycles. The van der Waals surface area contributed by atoms with Gasteiger partial charge in [-0.3, -0.25) is 0 Å². The lowest BCUT2D eigenvalue weighted by Crippen LogP contribution is -2.48. The Kier molecular flexibility index (Phi) is 10.4. The number of amides is 1. The molecule has 1 heterocycles. The summed E-state index contributed by atoms with van der Waals surface area (Å²) in [6.45, 7) is 13.5. The van der Waals surface area contributed by atoms with E-state index in [4.69, 9.17) is 8.92 Å². The minimum atomic E-state index is -0.477. The number of carbonyl (C=O) groups is 1. The van der Waals surface area contributed by atoms with Gasteiger partial charge in [-0.25, -0.2) is 4.79 Å². The number of ether oxygens (including phenoxy) is 1. The van der Waals surface area contributed by atoms with E-state index in [0.717, 1.165) is 38.8 Å². The number of nitrogens with zero attached hydrogens (tertiary/aromatic N) is 1. The lowest BCUT2D eigenvalue weighted by atomic mass is 9.86. The van der Waals surface area contributed by atoms with Gasteiger partial charge in [-0.2, -0.15) is 0 Å². The first-order chi connectivity index (χ1) is 13.2. The molecule has 1 fully saturated rings. The van der Waals surface area contributed by atoms with Crippen molar-refractivity contribution < 1.29 is 13.7 Å². The van der Waals surface area contributed by atoms with E-state index in [1.165, 1.54) is 17.6 Å². The average molecular weight is 410 g/mol. The van der Waals surface area contributed by atoms with E-state index in [0.29, 0.717) is 5.92 Å². The van der Waals surface area contributed by atoms with E-state index < -0.39 is 5.60 Å². The van der Waals surface area contributed by atoms with Crippen LogP contribution in [0.4, 0.5) is 4.79 Å². The number of hydrogen-bond acceptors (Lipinski definition) is 4. The third-order valence-corrected chi connectivity index (χ3v) is 5.22. The topological polar surface area (TPSA) is 38.8 Å². The average Bonchev–Trinajstić information content (AvgIpc) is 2.96. The third-order valence-electron chi connectivity index (χ3n) is 4.82. The number of carbonyl (C=O) groups excluding carboxylic acids is 1. The Morgan fingerprint density at radius 3 is 2.46 bits per heavy atom. The molecule has 0 spiro atoms. The van der Waals surface area contributed by atoms with Crippen molar-refractivity contribution in [3.8, 4) is 0 Å². The molecule has 0 saturated carbocycles. The van der Waals surface area contributed by atoms with Gasteiger partial charge in [0.2, 0.25) is 0 Å². The van der Waals surface area contributed by atoms with Crippen LogP contribution in [-0.4, -0.2) is 41.5 Å². The lowest BCUT2D eigenvalue weighted by Gasteiger charge is -2.36. The molecule has 0 radical (unpaired) electrons. The Bertz CT molecular complexity index is 573. The van der Waals surface area contributed by atoms with E-state index >= 15 is 0 Å². The second kappa shape index (κ2) is 11.7. The molecule has 1 saturated heterocycles. The molecule has 160 valence electrons. The Balaban J connectivity index is 0.00000190. The molecule has 1 aromatic rings. The van der Waals surface area contributed by atoms with Crippen LogP contribution >= 0.6 is 12.0 Å². The molecule has 1 aliphatic rings. The highest BCUT2D eigenvalue weighted by Crippen LogP contribution is 2.38. The molecule has 28 heavy (non-hydrogen) atoms. The van der Waals surface area contributed by atoms with E-state index in [9.17, 15) is 4.79 Å². The number of likely N-dealkylation sites (tertiary alicyclic amines) is 1. The predicted molar refractivity (Wildman–Crippen MR) is 120 cm³/mol. The van der Waals surface area contributed by atoms with Gasteiger partial charge < -0.3 is 13.8 Å². The summed E-state index contributed by atoms with van der Waals surface area (Å²) in [4.78, 5) is 14.8. The normalized spacial score (nSPS) is 21.8. The fourth-order valence-electron chi connectivity index (χ4n) is 3.80. The van der Waals surface area contributed by atoms with Gasteiger partial charge in [-0.1, -0.05) is 44.2 Å². The first kappa shape index (κ1) is 24.8. The highest BCUT2D eigenvalue weighted by molar-refractivity contribution is 7.93. The Morgan fingerprint density at radius 1 is 1.25 bits per heavy atom. The molecule has 0 N–H and O–H groups in total. The van der Waals surface area contributed by atoms with Crippen LogP contribution in [0, 0.1) is 5.92 Å². The summed E-state index contributed by atoms with van der Waals surface area (Å²) >= 11 is 1.41. The summed E-state index contributed by atoms with van der Waals surface area (Å²) in [5.74, 6) is 0.488. The second-order valence-electron chi connectivity index (χ2n) is 8.45. The molecule has 4 nitrogen and oxygen atoms in total. The van der Waals surface area contributed by atoms with Gasteiger partial charge >= 0.3 is 6.09 Å². The van der Waals surface area contributed by atoms with E-state index in [1.807, 2.05) is 51.8 Å². The molecular weight excluding hydrogens is 370 g/mol. The van der Waals surface area contributed by atoms with E-state index in [-0.39, 0.29) is 11.6 Å². The van der Waals surface area contributed by atoms with Crippen LogP contribution in [0.25, 0.3) is 0 Å². The van der Waals surface area contributed by atoms with Crippen LogP contribution in [0.5, 0.6) is 0 Å². The Hall–Kier alpha value is -1.20.